The average Bonchev–Trinajstić information content (AvgIpc) is 2.61. The lowest BCUT2D eigenvalue weighted by molar-refractivity contribution is -0.135. The van der Waals surface area contributed by atoms with Crippen LogP contribution in [0.5, 0.6) is 0 Å². The minimum absolute atomic E-state index is 0.0901. The van der Waals surface area contributed by atoms with E-state index in [4.69, 9.17) is 9.47 Å². The first-order valence-corrected chi connectivity index (χ1v) is 5.12. The minimum atomic E-state index is -0.664. The summed E-state index contributed by atoms with van der Waals surface area (Å²) in [5.41, 5.74) is -0.664. The summed E-state index contributed by atoms with van der Waals surface area (Å²) in [6.07, 6.45) is -0.235. The van der Waals surface area contributed by atoms with E-state index in [0.29, 0.717) is 6.54 Å². The Labute approximate surface area is 94.7 Å². The van der Waals surface area contributed by atoms with Gasteiger partial charge in [-0.25, -0.2) is 0 Å². The molecular formula is C10H18N2O4. The van der Waals surface area contributed by atoms with Crippen LogP contribution >= 0.6 is 0 Å². The first-order chi connectivity index (χ1) is 7.51. The number of hydrogen-bond acceptors (Lipinski definition) is 4. The standard InChI is InChI=1S/C10H18N2O4/c1-10(4-7(13)12-6-10)9(14)11-5-8(15-2)16-3/h8H,4-6H2,1-3H3,(H,11,14)(H,12,13). The maximum absolute atomic E-state index is 11.8. The molecular weight excluding hydrogens is 212 g/mol. The lowest BCUT2D eigenvalue weighted by atomic mass is 9.88. The third kappa shape index (κ3) is 2.93. The monoisotopic (exact) mass is 230 g/mol. The Morgan fingerprint density at radius 1 is 1.56 bits per heavy atom. The third-order valence-corrected chi connectivity index (χ3v) is 2.73. The molecule has 1 unspecified atom stereocenters. The van der Waals surface area contributed by atoms with Gasteiger partial charge >= 0.3 is 0 Å². The highest BCUT2D eigenvalue weighted by Gasteiger charge is 2.40. The van der Waals surface area contributed by atoms with Crippen LogP contribution in [-0.4, -0.2) is 45.4 Å². The van der Waals surface area contributed by atoms with Gasteiger partial charge in [-0.15, -0.1) is 0 Å². The molecule has 2 N–H and O–H groups in total. The number of amides is 2. The summed E-state index contributed by atoms with van der Waals surface area (Å²) in [5, 5.41) is 5.35. The van der Waals surface area contributed by atoms with Gasteiger partial charge in [-0.2, -0.15) is 0 Å². The van der Waals surface area contributed by atoms with Crippen LogP contribution in [-0.2, 0) is 19.1 Å². The maximum atomic E-state index is 11.8. The van der Waals surface area contributed by atoms with Crippen LogP contribution in [0.4, 0.5) is 0 Å². The van der Waals surface area contributed by atoms with Gasteiger partial charge in [0.25, 0.3) is 0 Å². The molecule has 0 aromatic heterocycles. The van der Waals surface area contributed by atoms with Crippen LogP contribution < -0.4 is 10.6 Å². The van der Waals surface area contributed by atoms with Crippen molar-refractivity contribution in [3.05, 3.63) is 0 Å². The molecule has 1 heterocycles. The Bertz CT molecular complexity index is 278. The molecule has 0 spiro atoms. The van der Waals surface area contributed by atoms with Gasteiger partial charge in [0, 0.05) is 27.2 Å². The lowest BCUT2D eigenvalue weighted by Gasteiger charge is -2.22. The van der Waals surface area contributed by atoms with Crippen molar-refractivity contribution >= 4 is 11.8 Å². The van der Waals surface area contributed by atoms with E-state index in [-0.39, 0.29) is 24.8 Å². The molecule has 6 nitrogen and oxygen atoms in total. The Hall–Kier alpha value is -1.14. The van der Waals surface area contributed by atoms with Crippen molar-refractivity contribution in [3.63, 3.8) is 0 Å². The summed E-state index contributed by atoms with van der Waals surface area (Å²) in [5.74, 6) is -0.252. The van der Waals surface area contributed by atoms with Crippen molar-refractivity contribution in [1.82, 2.24) is 10.6 Å². The van der Waals surface area contributed by atoms with Crippen molar-refractivity contribution in [3.8, 4) is 0 Å². The molecule has 0 aromatic carbocycles. The van der Waals surface area contributed by atoms with Gasteiger partial charge in [0.05, 0.1) is 12.0 Å². The molecule has 1 atom stereocenters. The number of ether oxygens (including phenoxy) is 2. The largest absolute Gasteiger partial charge is 0.355 e. The molecule has 2 amide bonds. The van der Waals surface area contributed by atoms with Gasteiger partial charge < -0.3 is 20.1 Å². The number of nitrogens with one attached hydrogen (secondary N) is 2. The van der Waals surface area contributed by atoms with Gasteiger partial charge in [-0.05, 0) is 6.92 Å². The number of hydrogen-bond donors (Lipinski definition) is 2. The normalized spacial score (nSPS) is 24.6. The quantitative estimate of drug-likeness (QED) is 0.609. The maximum Gasteiger partial charge on any atom is 0.228 e. The minimum Gasteiger partial charge on any atom is -0.355 e. The fourth-order valence-electron chi connectivity index (χ4n) is 1.59. The number of rotatable bonds is 5. The van der Waals surface area contributed by atoms with Crippen molar-refractivity contribution in [2.45, 2.75) is 19.6 Å². The van der Waals surface area contributed by atoms with Crippen LogP contribution in [0.3, 0.4) is 0 Å². The van der Waals surface area contributed by atoms with Crippen molar-refractivity contribution < 1.29 is 19.1 Å². The average molecular weight is 230 g/mol. The second kappa shape index (κ2) is 5.27. The van der Waals surface area contributed by atoms with Crippen LogP contribution in [0.1, 0.15) is 13.3 Å². The van der Waals surface area contributed by atoms with Crippen LogP contribution in [0.2, 0.25) is 0 Å². The van der Waals surface area contributed by atoms with E-state index in [1.807, 2.05) is 0 Å². The highest BCUT2D eigenvalue weighted by atomic mass is 16.7. The highest BCUT2D eigenvalue weighted by Crippen LogP contribution is 2.25. The molecule has 1 fully saturated rings. The van der Waals surface area contributed by atoms with E-state index < -0.39 is 11.7 Å². The summed E-state index contributed by atoms with van der Waals surface area (Å²) in [6, 6.07) is 0. The zero-order valence-corrected chi connectivity index (χ0v) is 9.83. The SMILES string of the molecule is COC(CNC(=O)C1(C)CNC(=O)C1)OC. The van der Waals surface area contributed by atoms with Gasteiger partial charge in [0.15, 0.2) is 6.29 Å². The molecule has 0 radical (unpaired) electrons. The summed E-state index contributed by atoms with van der Waals surface area (Å²) >= 11 is 0. The van der Waals surface area contributed by atoms with Crippen LogP contribution in [0, 0.1) is 5.41 Å². The van der Waals surface area contributed by atoms with E-state index >= 15 is 0 Å². The van der Waals surface area contributed by atoms with Gasteiger partial charge in [0.1, 0.15) is 0 Å². The Balaban J connectivity index is 2.43. The number of carbonyl (C=O) groups excluding carboxylic acids is 2. The van der Waals surface area contributed by atoms with Crippen molar-refractivity contribution in [1.29, 1.82) is 0 Å². The molecule has 1 saturated heterocycles. The fourth-order valence-corrected chi connectivity index (χ4v) is 1.59. The van der Waals surface area contributed by atoms with Crippen LogP contribution in [0.25, 0.3) is 0 Å². The zero-order valence-electron chi connectivity index (χ0n) is 9.83. The predicted molar refractivity (Wildman–Crippen MR) is 56.5 cm³/mol. The number of carbonyl (C=O) groups is 2. The molecule has 6 heteroatoms. The molecule has 1 aliphatic rings. The van der Waals surface area contributed by atoms with Crippen molar-refractivity contribution in [2.24, 2.45) is 5.41 Å². The summed E-state index contributed by atoms with van der Waals surface area (Å²) in [6.45, 7) is 2.41. The predicted octanol–water partition coefficient (Wildman–Crippen LogP) is -0.752. The first-order valence-electron chi connectivity index (χ1n) is 5.12. The molecule has 92 valence electrons. The van der Waals surface area contributed by atoms with Gasteiger partial charge in [-0.1, -0.05) is 0 Å². The summed E-state index contributed by atoms with van der Waals surface area (Å²) in [4.78, 5) is 22.9. The van der Waals surface area contributed by atoms with E-state index in [9.17, 15) is 9.59 Å². The Morgan fingerprint density at radius 3 is 2.62 bits per heavy atom. The van der Waals surface area contributed by atoms with Crippen LogP contribution in [0.15, 0.2) is 0 Å². The Morgan fingerprint density at radius 2 is 2.19 bits per heavy atom. The zero-order chi connectivity index (χ0) is 12.2. The Kier molecular flexibility index (Phi) is 4.26. The molecule has 16 heavy (non-hydrogen) atoms. The molecule has 1 aliphatic heterocycles. The molecule has 0 aromatic rings. The summed E-state index contributed by atoms with van der Waals surface area (Å²) in [7, 11) is 3.01. The van der Waals surface area contributed by atoms with E-state index in [1.54, 1.807) is 6.92 Å². The molecule has 0 bridgehead atoms. The first kappa shape index (κ1) is 12.9. The van der Waals surface area contributed by atoms with E-state index in [0.717, 1.165) is 0 Å². The molecule has 0 saturated carbocycles. The smallest absolute Gasteiger partial charge is 0.228 e. The van der Waals surface area contributed by atoms with Gasteiger partial charge in [-0.3, -0.25) is 9.59 Å². The second-order valence-corrected chi connectivity index (χ2v) is 4.13. The number of methoxy groups -OCH3 is 2. The third-order valence-electron chi connectivity index (χ3n) is 2.73. The second-order valence-electron chi connectivity index (χ2n) is 4.13. The summed E-state index contributed by atoms with van der Waals surface area (Å²) < 4.78 is 9.89. The molecule has 1 rings (SSSR count). The van der Waals surface area contributed by atoms with E-state index in [2.05, 4.69) is 10.6 Å². The topological polar surface area (TPSA) is 76.7 Å². The van der Waals surface area contributed by atoms with Gasteiger partial charge in [0.2, 0.25) is 11.8 Å². The van der Waals surface area contributed by atoms with Crippen molar-refractivity contribution in [2.75, 3.05) is 27.3 Å². The fraction of sp³-hybridized carbons (Fsp3) is 0.800. The lowest BCUT2D eigenvalue weighted by Crippen LogP contribution is -2.44. The molecule has 0 aliphatic carbocycles. The highest BCUT2D eigenvalue weighted by molar-refractivity contribution is 5.92. The van der Waals surface area contributed by atoms with E-state index in [1.165, 1.54) is 14.2 Å².